The summed E-state index contributed by atoms with van der Waals surface area (Å²) >= 11 is 1.74. The molecule has 1 aliphatic carbocycles. The molecule has 22 heavy (non-hydrogen) atoms. The first-order chi connectivity index (χ1) is 10.6. The maximum absolute atomic E-state index is 13.4. The number of nitrogens with one attached hydrogen (secondary N) is 2. The minimum absolute atomic E-state index is 0.126. The fourth-order valence-electron chi connectivity index (χ4n) is 2.69. The Hall–Kier alpha value is -2.02. The summed E-state index contributed by atoms with van der Waals surface area (Å²) in [5.74, 6) is -0.311. The summed E-state index contributed by atoms with van der Waals surface area (Å²) < 4.78 is 13.4. The van der Waals surface area contributed by atoms with E-state index in [1.165, 1.54) is 17.1 Å². The van der Waals surface area contributed by atoms with Crippen molar-refractivity contribution in [3.05, 3.63) is 39.9 Å². The Morgan fingerprint density at radius 1 is 1.55 bits per heavy atom. The Kier molecular flexibility index (Phi) is 4.33. The summed E-state index contributed by atoms with van der Waals surface area (Å²) in [4.78, 5) is 21.5. The summed E-state index contributed by atoms with van der Waals surface area (Å²) in [6, 6.07) is 1.02. The largest absolute Gasteiger partial charge is 0.337 e. The molecule has 0 bridgehead atoms. The molecule has 1 atom stereocenters. The fourth-order valence-corrected chi connectivity index (χ4v) is 3.75. The monoisotopic (exact) mass is 320 g/mol. The van der Waals surface area contributed by atoms with Crippen LogP contribution in [0.3, 0.4) is 0 Å². The third-order valence-electron chi connectivity index (χ3n) is 3.71. The second kappa shape index (κ2) is 6.39. The molecule has 0 saturated heterocycles. The summed E-state index contributed by atoms with van der Waals surface area (Å²) in [5, 5.41) is 6.37. The Labute approximate surface area is 132 Å². The van der Waals surface area contributed by atoms with Gasteiger partial charge in [-0.1, -0.05) is 0 Å². The van der Waals surface area contributed by atoms with E-state index in [-0.39, 0.29) is 11.6 Å². The highest BCUT2D eigenvalue weighted by Gasteiger charge is 2.24. The maximum atomic E-state index is 13.4. The predicted octanol–water partition coefficient (Wildman–Crippen LogP) is 3.23. The number of amides is 2. The molecule has 5 nitrogen and oxygen atoms in total. The van der Waals surface area contributed by atoms with Crippen molar-refractivity contribution in [2.24, 2.45) is 0 Å². The quantitative estimate of drug-likeness (QED) is 0.912. The number of urea groups is 1. The Balaban J connectivity index is 1.59. The Morgan fingerprint density at radius 2 is 2.41 bits per heavy atom. The lowest BCUT2D eigenvalue weighted by Crippen LogP contribution is -2.33. The number of hydrogen-bond donors (Lipinski definition) is 2. The van der Waals surface area contributed by atoms with E-state index in [2.05, 4.69) is 20.6 Å². The molecule has 0 radical (unpaired) electrons. The molecule has 1 unspecified atom stereocenters. The number of carbonyl (C=O) groups excluding carboxylic acids is 1. The van der Waals surface area contributed by atoms with E-state index in [4.69, 9.17) is 0 Å². The van der Waals surface area contributed by atoms with Gasteiger partial charge in [-0.2, -0.15) is 0 Å². The van der Waals surface area contributed by atoms with Crippen molar-refractivity contribution >= 4 is 23.1 Å². The number of aryl methyl sites for hydroxylation is 2. The molecule has 1 aliphatic rings. The van der Waals surface area contributed by atoms with E-state index in [9.17, 15) is 9.18 Å². The topological polar surface area (TPSA) is 66.9 Å². The summed E-state index contributed by atoms with van der Waals surface area (Å²) in [6.45, 7) is 2.51. The molecule has 0 saturated carbocycles. The molecule has 7 heteroatoms. The molecule has 0 aliphatic heterocycles. The molecular weight excluding hydrogens is 303 g/mol. The fraction of sp³-hybridized carbons (Fsp3) is 0.400. The van der Waals surface area contributed by atoms with Gasteiger partial charge in [-0.15, -0.1) is 11.3 Å². The smallest absolute Gasteiger partial charge is 0.319 e. The number of rotatable bonds is 3. The van der Waals surface area contributed by atoms with Crippen LogP contribution in [0.5, 0.6) is 0 Å². The van der Waals surface area contributed by atoms with Crippen molar-refractivity contribution in [3.63, 3.8) is 0 Å². The standard InChI is InChI=1S/C15H17FN4OS/c1-9-19-14-10(3-2-4-13(14)22-9)7-18-15(21)20-12-5-6-17-8-11(12)16/h5-6,8,10H,2-4,7H2,1H3,(H2,17,18,20,21). The van der Waals surface area contributed by atoms with Crippen LogP contribution in [0.15, 0.2) is 18.5 Å². The number of halogens is 1. The van der Waals surface area contributed by atoms with E-state index in [0.717, 1.165) is 36.2 Å². The van der Waals surface area contributed by atoms with E-state index in [0.29, 0.717) is 6.54 Å². The molecule has 0 fully saturated rings. The number of aromatic nitrogens is 2. The number of anilines is 1. The van der Waals surface area contributed by atoms with Gasteiger partial charge < -0.3 is 10.6 Å². The van der Waals surface area contributed by atoms with Gasteiger partial charge in [0.05, 0.1) is 22.6 Å². The molecule has 2 N–H and O–H groups in total. The third kappa shape index (κ3) is 3.24. The second-order valence-corrected chi connectivity index (χ2v) is 6.61. The van der Waals surface area contributed by atoms with Crippen LogP contribution in [0, 0.1) is 12.7 Å². The number of carbonyl (C=O) groups is 1. The van der Waals surface area contributed by atoms with Crippen molar-refractivity contribution in [1.82, 2.24) is 15.3 Å². The number of thiazole rings is 1. The zero-order valence-corrected chi connectivity index (χ0v) is 13.0. The summed E-state index contributed by atoms with van der Waals surface area (Å²) in [6.07, 6.45) is 5.71. The minimum atomic E-state index is -0.548. The van der Waals surface area contributed by atoms with E-state index < -0.39 is 11.8 Å². The molecule has 116 valence electrons. The van der Waals surface area contributed by atoms with Crippen LogP contribution in [0.1, 0.15) is 34.3 Å². The lowest BCUT2D eigenvalue weighted by atomic mass is 9.91. The van der Waals surface area contributed by atoms with Crippen molar-refractivity contribution in [1.29, 1.82) is 0 Å². The van der Waals surface area contributed by atoms with Crippen molar-refractivity contribution in [2.45, 2.75) is 32.1 Å². The van der Waals surface area contributed by atoms with Crippen LogP contribution in [-0.2, 0) is 6.42 Å². The molecular formula is C15H17FN4OS. The van der Waals surface area contributed by atoms with Gasteiger partial charge in [0, 0.05) is 23.5 Å². The third-order valence-corrected chi connectivity index (χ3v) is 4.75. The summed E-state index contributed by atoms with van der Waals surface area (Å²) in [5.41, 5.74) is 1.24. The van der Waals surface area contributed by atoms with Gasteiger partial charge in [-0.05, 0) is 32.3 Å². The molecule has 3 rings (SSSR count). The first kappa shape index (κ1) is 14.9. The second-order valence-electron chi connectivity index (χ2n) is 5.32. The van der Waals surface area contributed by atoms with Crippen LogP contribution in [0.2, 0.25) is 0 Å². The summed E-state index contributed by atoms with van der Waals surface area (Å²) in [7, 11) is 0. The first-order valence-electron chi connectivity index (χ1n) is 7.24. The average molecular weight is 320 g/mol. The highest BCUT2D eigenvalue weighted by atomic mass is 32.1. The van der Waals surface area contributed by atoms with Gasteiger partial charge in [0.15, 0.2) is 5.82 Å². The zero-order chi connectivity index (χ0) is 15.5. The molecule has 2 amide bonds. The van der Waals surface area contributed by atoms with Crippen molar-refractivity contribution < 1.29 is 9.18 Å². The van der Waals surface area contributed by atoms with Crippen LogP contribution >= 0.6 is 11.3 Å². The van der Waals surface area contributed by atoms with E-state index in [1.807, 2.05) is 6.92 Å². The van der Waals surface area contributed by atoms with Gasteiger partial charge in [0.1, 0.15) is 0 Å². The first-order valence-corrected chi connectivity index (χ1v) is 8.05. The van der Waals surface area contributed by atoms with Gasteiger partial charge in [-0.3, -0.25) is 4.98 Å². The Bertz CT molecular complexity index is 688. The number of hydrogen-bond acceptors (Lipinski definition) is 4. The molecule has 2 aromatic heterocycles. The number of fused-ring (bicyclic) bond motifs is 1. The van der Waals surface area contributed by atoms with Gasteiger partial charge >= 0.3 is 6.03 Å². The lowest BCUT2D eigenvalue weighted by Gasteiger charge is -2.21. The predicted molar refractivity (Wildman–Crippen MR) is 83.7 cm³/mol. The molecule has 2 heterocycles. The number of pyridine rings is 1. The zero-order valence-electron chi connectivity index (χ0n) is 12.2. The maximum Gasteiger partial charge on any atom is 0.319 e. The SMILES string of the molecule is Cc1nc2c(s1)CCCC2CNC(=O)Nc1ccncc1F. The molecule has 0 aromatic carbocycles. The van der Waals surface area contributed by atoms with Gasteiger partial charge in [-0.25, -0.2) is 14.2 Å². The lowest BCUT2D eigenvalue weighted by molar-refractivity contribution is 0.251. The highest BCUT2D eigenvalue weighted by Crippen LogP contribution is 2.34. The van der Waals surface area contributed by atoms with Crippen molar-refractivity contribution in [2.75, 3.05) is 11.9 Å². The van der Waals surface area contributed by atoms with E-state index >= 15 is 0 Å². The highest BCUT2D eigenvalue weighted by molar-refractivity contribution is 7.11. The van der Waals surface area contributed by atoms with Crippen molar-refractivity contribution in [3.8, 4) is 0 Å². The van der Waals surface area contributed by atoms with Gasteiger partial charge in [0.2, 0.25) is 0 Å². The average Bonchev–Trinajstić information content (AvgIpc) is 2.88. The number of nitrogens with zero attached hydrogens (tertiary/aromatic N) is 2. The van der Waals surface area contributed by atoms with Crippen LogP contribution in [0.4, 0.5) is 14.9 Å². The minimum Gasteiger partial charge on any atom is -0.337 e. The van der Waals surface area contributed by atoms with Crippen LogP contribution < -0.4 is 10.6 Å². The molecule has 0 spiro atoms. The van der Waals surface area contributed by atoms with Crippen LogP contribution in [-0.4, -0.2) is 22.5 Å². The Morgan fingerprint density at radius 3 is 3.23 bits per heavy atom. The van der Waals surface area contributed by atoms with E-state index in [1.54, 1.807) is 11.3 Å². The molecule has 2 aromatic rings. The van der Waals surface area contributed by atoms with Crippen LogP contribution in [0.25, 0.3) is 0 Å². The normalized spacial score (nSPS) is 16.9. The van der Waals surface area contributed by atoms with Gasteiger partial charge in [0.25, 0.3) is 0 Å².